The van der Waals surface area contributed by atoms with Crippen LogP contribution in [-0.4, -0.2) is 34.1 Å². The Kier molecular flexibility index (Phi) is 3.56. The number of piperidine rings is 1. The lowest BCUT2D eigenvalue weighted by Crippen LogP contribution is -2.33. The van der Waals surface area contributed by atoms with E-state index in [0.29, 0.717) is 54.4 Å². The van der Waals surface area contributed by atoms with E-state index in [2.05, 4.69) is 15.3 Å². The van der Waals surface area contributed by atoms with Crippen LogP contribution in [-0.2, 0) is 11.2 Å². The van der Waals surface area contributed by atoms with E-state index in [-0.39, 0.29) is 17.6 Å². The number of carbonyl (C=O) groups is 1. The molecule has 2 aliphatic rings. The number of carbonyl (C=O) groups excluding carboxylic acids is 1. The average molecular weight is 365 g/mol. The number of amides is 1. The lowest BCUT2D eigenvalue weighted by atomic mass is 9.98. The molecule has 1 aromatic carbocycles. The first-order chi connectivity index (χ1) is 13.1. The van der Waals surface area contributed by atoms with E-state index in [1.807, 2.05) is 25.1 Å². The number of aromatic nitrogens is 2. The molecule has 5 rings (SSSR count). The standard InChI is InChI=1S/C20H19N3O4/c1-10-8-15-12(6-7-26-15)18(25)17(10)13-3-4-14-19(22-13)23-20(27-14)11-2-5-16(24)21-9-11/h3-4,8,11,25H,2,5-7,9H2,1H3,(H,21,24). The van der Waals surface area contributed by atoms with Crippen molar-refractivity contribution in [1.82, 2.24) is 15.3 Å². The molecule has 1 atom stereocenters. The number of pyridine rings is 1. The van der Waals surface area contributed by atoms with Gasteiger partial charge in [0.1, 0.15) is 11.5 Å². The van der Waals surface area contributed by atoms with Gasteiger partial charge in [0.15, 0.2) is 11.2 Å². The summed E-state index contributed by atoms with van der Waals surface area (Å²) in [4.78, 5) is 20.5. The second kappa shape index (κ2) is 5.97. The third-order valence-electron chi connectivity index (χ3n) is 5.31. The number of nitrogens with zero attached hydrogens (tertiary/aromatic N) is 2. The molecule has 0 aliphatic carbocycles. The molecule has 1 unspecified atom stereocenters. The highest BCUT2D eigenvalue weighted by atomic mass is 16.5. The number of hydrogen-bond donors (Lipinski definition) is 2. The fraction of sp³-hybridized carbons (Fsp3) is 0.350. The molecule has 138 valence electrons. The van der Waals surface area contributed by atoms with Crippen LogP contribution in [0.4, 0.5) is 0 Å². The lowest BCUT2D eigenvalue weighted by molar-refractivity contribution is -0.122. The van der Waals surface area contributed by atoms with Crippen molar-refractivity contribution < 1.29 is 19.1 Å². The van der Waals surface area contributed by atoms with Crippen LogP contribution in [0.15, 0.2) is 22.6 Å². The smallest absolute Gasteiger partial charge is 0.220 e. The highest BCUT2D eigenvalue weighted by molar-refractivity contribution is 5.80. The molecular weight excluding hydrogens is 346 g/mol. The van der Waals surface area contributed by atoms with Crippen molar-refractivity contribution in [2.75, 3.05) is 13.2 Å². The Morgan fingerprint density at radius 3 is 2.96 bits per heavy atom. The van der Waals surface area contributed by atoms with E-state index < -0.39 is 0 Å². The van der Waals surface area contributed by atoms with E-state index in [1.54, 1.807) is 0 Å². The van der Waals surface area contributed by atoms with Gasteiger partial charge in [-0.15, -0.1) is 0 Å². The molecule has 4 heterocycles. The summed E-state index contributed by atoms with van der Waals surface area (Å²) < 4.78 is 11.4. The first-order valence-electron chi connectivity index (χ1n) is 9.13. The van der Waals surface area contributed by atoms with Crippen molar-refractivity contribution in [2.45, 2.75) is 32.1 Å². The monoisotopic (exact) mass is 365 g/mol. The molecule has 0 saturated carbocycles. The predicted octanol–water partition coefficient (Wildman–Crippen LogP) is 2.83. The molecular formula is C20H19N3O4. The van der Waals surface area contributed by atoms with Gasteiger partial charge in [0.05, 0.1) is 18.2 Å². The van der Waals surface area contributed by atoms with E-state index in [1.165, 1.54) is 0 Å². The maximum atomic E-state index is 11.4. The summed E-state index contributed by atoms with van der Waals surface area (Å²) >= 11 is 0. The fourth-order valence-corrected chi connectivity index (χ4v) is 3.86. The minimum absolute atomic E-state index is 0.0626. The number of aryl methyl sites for hydroxylation is 1. The summed E-state index contributed by atoms with van der Waals surface area (Å²) in [7, 11) is 0. The number of ether oxygens (including phenoxy) is 1. The molecule has 0 spiro atoms. The van der Waals surface area contributed by atoms with E-state index in [4.69, 9.17) is 9.15 Å². The largest absolute Gasteiger partial charge is 0.507 e. The zero-order chi connectivity index (χ0) is 18.5. The Balaban J connectivity index is 1.55. The molecule has 1 fully saturated rings. The van der Waals surface area contributed by atoms with Crippen molar-refractivity contribution in [3.8, 4) is 22.8 Å². The SMILES string of the molecule is Cc1cc2c(c(O)c1-c1ccc3oc(C4CCC(=O)NC4)nc3n1)CCO2. The van der Waals surface area contributed by atoms with Crippen LogP contribution >= 0.6 is 0 Å². The second-order valence-electron chi connectivity index (χ2n) is 7.10. The van der Waals surface area contributed by atoms with Gasteiger partial charge in [0.25, 0.3) is 0 Å². The zero-order valence-corrected chi connectivity index (χ0v) is 14.9. The van der Waals surface area contributed by atoms with Gasteiger partial charge in [-0.3, -0.25) is 4.79 Å². The maximum Gasteiger partial charge on any atom is 0.220 e. The molecule has 0 radical (unpaired) electrons. The van der Waals surface area contributed by atoms with Crippen molar-refractivity contribution in [3.05, 3.63) is 35.2 Å². The van der Waals surface area contributed by atoms with Gasteiger partial charge in [-0.1, -0.05) is 0 Å². The minimum atomic E-state index is 0.0626. The molecule has 1 amide bonds. The van der Waals surface area contributed by atoms with Crippen LogP contribution in [0.5, 0.6) is 11.5 Å². The Hall–Kier alpha value is -3.09. The van der Waals surface area contributed by atoms with Crippen molar-refractivity contribution >= 4 is 17.1 Å². The van der Waals surface area contributed by atoms with Gasteiger partial charge in [-0.2, -0.15) is 4.98 Å². The quantitative estimate of drug-likeness (QED) is 0.725. The molecule has 7 nitrogen and oxygen atoms in total. The predicted molar refractivity (Wildman–Crippen MR) is 97.8 cm³/mol. The summed E-state index contributed by atoms with van der Waals surface area (Å²) in [5, 5.41) is 13.6. The number of phenols is 1. The number of oxazole rings is 1. The van der Waals surface area contributed by atoms with Crippen LogP contribution in [0.3, 0.4) is 0 Å². The summed E-state index contributed by atoms with van der Waals surface area (Å²) in [6, 6.07) is 5.62. The molecule has 2 aromatic heterocycles. The van der Waals surface area contributed by atoms with E-state index in [9.17, 15) is 9.90 Å². The first-order valence-corrected chi connectivity index (χ1v) is 9.13. The van der Waals surface area contributed by atoms with E-state index >= 15 is 0 Å². The summed E-state index contributed by atoms with van der Waals surface area (Å²) in [6.45, 7) is 3.05. The average Bonchev–Trinajstić information content (AvgIpc) is 3.28. The van der Waals surface area contributed by atoms with Gasteiger partial charge < -0.3 is 19.6 Å². The van der Waals surface area contributed by atoms with E-state index in [0.717, 1.165) is 23.3 Å². The number of nitrogens with one attached hydrogen (secondary N) is 1. The van der Waals surface area contributed by atoms with Gasteiger partial charge in [-0.25, -0.2) is 4.98 Å². The summed E-state index contributed by atoms with van der Waals surface area (Å²) in [6.07, 6.45) is 1.89. The highest BCUT2D eigenvalue weighted by Crippen LogP contribution is 2.42. The van der Waals surface area contributed by atoms with Crippen LogP contribution < -0.4 is 10.1 Å². The summed E-state index contributed by atoms with van der Waals surface area (Å²) in [5.41, 5.74) is 4.21. The number of benzene rings is 1. The highest BCUT2D eigenvalue weighted by Gasteiger charge is 2.26. The van der Waals surface area contributed by atoms with Gasteiger partial charge in [-0.05, 0) is 37.1 Å². The minimum Gasteiger partial charge on any atom is -0.507 e. The van der Waals surface area contributed by atoms with Gasteiger partial charge in [0, 0.05) is 30.5 Å². The number of hydrogen-bond acceptors (Lipinski definition) is 6. The third-order valence-corrected chi connectivity index (χ3v) is 5.31. The molecule has 27 heavy (non-hydrogen) atoms. The molecule has 3 aromatic rings. The van der Waals surface area contributed by atoms with Gasteiger partial charge in [0.2, 0.25) is 11.8 Å². The molecule has 2 aliphatic heterocycles. The Bertz CT molecular complexity index is 1060. The van der Waals surface area contributed by atoms with Crippen molar-refractivity contribution in [1.29, 1.82) is 0 Å². The van der Waals surface area contributed by atoms with Crippen LogP contribution in [0, 0.1) is 6.92 Å². The molecule has 7 heteroatoms. The zero-order valence-electron chi connectivity index (χ0n) is 14.9. The maximum absolute atomic E-state index is 11.4. The van der Waals surface area contributed by atoms with Crippen LogP contribution in [0.1, 0.15) is 35.8 Å². The molecule has 1 saturated heterocycles. The molecule has 2 N–H and O–H groups in total. The number of phenolic OH excluding ortho intramolecular Hbond substituents is 1. The Morgan fingerprint density at radius 1 is 1.26 bits per heavy atom. The summed E-state index contributed by atoms with van der Waals surface area (Å²) in [5.74, 6) is 1.70. The second-order valence-corrected chi connectivity index (χ2v) is 7.10. The van der Waals surface area contributed by atoms with Crippen LogP contribution in [0.25, 0.3) is 22.5 Å². The third kappa shape index (κ3) is 2.61. The molecule has 0 bridgehead atoms. The topological polar surface area (TPSA) is 97.5 Å². The Labute approximate surface area is 155 Å². The number of rotatable bonds is 2. The number of fused-ring (bicyclic) bond motifs is 2. The lowest BCUT2D eigenvalue weighted by Gasteiger charge is -2.18. The fourth-order valence-electron chi connectivity index (χ4n) is 3.86. The van der Waals surface area contributed by atoms with Gasteiger partial charge >= 0.3 is 0 Å². The normalized spacial score (nSPS) is 19.0. The number of aromatic hydroxyl groups is 1. The first kappa shape index (κ1) is 16.1. The van der Waals surface area contributed by atoms with Crippen LogP contribution in [0.2, 0.25) is 0 Å². The van der Waals surface area contributed by atoms with Crippen molar-refractivity contribution in [3.63, 3.8) is 0 Å². The Morgan fingerprint density at radius 2 is 2.15 bits per heavy atom. The van der Waals surface area contributed by atoms with Crippen molar-refractivity contribution in [2.24, 2.45) is 0 Å².